The number of hydrogen-bond acceptors (Lipinski definition) is 4. The first-order valence-electron chi connectivity index (χ1n) is 6.25. The van der Waals surface area contributed by atoms with Gasteiger partial charge in [-0.1, -0.05) is 17.4 Å². The number of rotatable bonds is 6. The fourth-order valence-corrected chi connectivity index (χ4v) is 2.72. The molecule has 106 valence electrons. The van der Waals surface area contributed by atoms with E-state index in [1.54, 1.807) is 12.1 Å². The molecule has 0 aliphatic carbocycles. The first kappa shape index (κ1) is 14.6. The summed E-state index contributed by atoms with van der Waals surface area (Å²) in [4.78, 5) is 11.1. The zero-order valence-electron chi connectivity index (χ0n) is 11.1. The van der Waals surface area contributed by atoms with Crippen molar-refractivity contribution in [3.05, 3.63) is 62.3 Å². The van der Waals surface area contributed by atoms with Gasteiger partial charge in [0.25, 0.3) is 0 Å². The maximum atomic E-state index is 13.0. The number of thiophene rings is 1. The Morgan fingerprint density at radius 3 is 2.80 bits per heavy atom. The first-order chi connectivity index (χ1) is 9.56. The van der Waals surface area contributed by atoms with E-state index < -0.39 is 0 Å². The van der Waals surface area contributed by atoms with Gasteiger partial charge in [-0.25, -0.2) is 4.39 Å². The zero-order chi connectivity index (χ0) is 14.5. The Morgan fingerprint density at radius 2 is 2.15 bits per heavy atom. The number of nitrogens with one attached hydrogen (secondary N) is 1. The zero-order valence-corrected chi connectivity index (χ0v) is 11.9. The highest BCUT2D eigenvalue weighted by Gasteiger charge is 2.09. The van der Waals surface area contributed by atoms with Crippen LogP contribution in [0.3, 0.4) is 0 Å². The summed E-state index contributed by atoms with van der Waals surface area (Å²) in [5.74, 6) is -0.217. The highest BCUT2D eigenvalue weighted by Crippen LogP contribution is 2.23. The van der Waals surface area contributed by atoms with Crippen molar-refractivity contribution in [3.63, 3.8) is 0 Å². The van der Waals surface area contributed by atoms with Crippen LogP contribution in [0.2, 0.25) is 0 Å². The van der Waals surface area contributed by atoms with Crippen LogP contribution in [0.25, 0.3) is 0 Å². The number of nitro groups is 1. The van der Waals surface area contributed by atoms with Crippen molar-refractivity contribution in [2.24, 2.45) is 0 Å². The summed E-state index contributed by atoms with van der Waals surface area (Å²) >= 11 is 1.18. The van der Waals surface area contributed by atoms with E-state index >= 15 is 0 Å². The Morgan fingerprint density at radius 1 is 1.35 bits per heavy atom. The maximum absolute atomic E-state index is 13.0. The molecule has 0 aliphatic heterocycles. The van der Waals surface area contributed by atoms with Crippen LogP contribution in [0.5, 0.6) is 0 Å². The van der Waals surface area contributed by atoms with Crippen LogP contribution in [0.1, 0.15) is 16.0 Å². The predicted molar refractivity (Wildman–Crippen MR) is 77.5 cm³/mol. The molecular weight excluding hydrogens is 279 g/mol. The number of nitrogens with zero attached hydrogens (tertiary/aromatic N) is 1. The summed E-state index contributed by atoms with van der Waals surface area (Å²) in [5.41, 5.74) is 2.05. The van der Waals surface area contributed by atoms with Crippen molar-refractivity contribution < 1.29 is 9.31 Å². The molecule has 0 spiro atoms. The van der Waals surface area contributed by atoms with Crippen LogP contribution in [-0.4, -0.2) is 11.5 Å². The van der Waals surface area contributed by atoms with E-state index in [1.807, 2.05) is 6.92 Å². The maximum Gasteiger partial charge on any atom is 0.324 e. The van der Waals surface area contributed by atoms with E-state index in [2.05, 4.69) is 5.32 Å². The lowest BCUT2D eigenvalue weighted by Gasteiger charge is -2.06. The largest absolute Gasteiger partial charge is 0.324 e. The lowest BCUT2D eigenvalue weighted by molar-refractivity contribution is -0.380. The fourth-order valence-electron chi connectivity index (χ4n) is 1.93. The molecule has 2 aromatic rings. The van der Waals surface area contributed by atoms with Crippen molar-refractivity contribution in [2.45, 2.75) is 19.9 Å². The Labute approximate surface area is 120 Å². The predicted octanol–water partition coefficient (Wildman–Crippen LogP) is 3.44. The molecule has 1 heterocycles. The Balaban J connectivity index is 1.79. The second-order valence-electron chi connectivity index (χ2n) is 4.49. The van der Waals surface area contributed by atoms with Crippen molar-refractivity contribution in [1.82, 2.24) is 5.32 Å². The quantitative estimate of drug-likeness (QED) is 0.504. The van der Waals surface area contributed by atoms with Crippen LogP contribution >= 0.6 is 11.3 Å². The van der Waals surface area contributed by atoms with Gasteiger partial charge in [0.1, 0.15) is 5.82 Å². The lowest BCUT2D eigenvalue weighted by atomic mass is 10.1. The summed E-state index contributed by atoms with van der Waals surface area (Å²) in [6.07, 6.45) is 0.805. The smallest absolute Gasteiger partial charge is 0.312 e. The summed E-state index contributed by atoms with van der Waals surface area (Å²) in [6, 6.07) is 8.07. The molecular formula is C14H15FN2O2S. The third-order valence-corrected chi connectivity index (χ3v) is 4.04. The fraction of sp³-hybridized carbons (Fsp3) is 0.286. The summed E-state index contributed by atoms with van der Waals surface area (Å²) in [5, 5.41) is 14.0. The van der Waals surface area contributed by atoms with Gasteiger partial charge >= 0.3 is 5.00 Å². The average molecular weight is 294 g/mol. The summed E-state index contributed by atoms with van der Waals surface area (Å²) < 4.78 is 13.0. The van der Waals surface area contributed by atoms with E-state index in [4.69, 9.17) is 0 Å². The average Bonchev–Trinajstić information content (AvgIpc) is 2.85. The molecule has 0 bridgehead atoms. The van der Waals surface area contributed by atoms with Crippen molar-refractivity contribution in [1.29, 1.82) is 0 Å². The van der Waals surface area contributed by atoms with Crippen LogP contribution in [-0.2, 0) is 13.0 Å². The molecule has 0 radical (unpaired) electrons. The van der Waals surface area contributed by atoms with E-state index in [0.29, 0.717) is 6.54 Å². The molecule has 1 N–H and O–H groups in total. The highest BCUT2D eigenvalue weighted by atomic mass is 32.1. The molecule has 1 aromatic carbocycles. The van der Waals surface area contributed by atoms with Gasteiger partial charge in [-0.2, -0.15) is 0 Å². The molecule has 1 aromatic heterocycles. The number of hydrogen-bond donors (Lipinski definition) is 1. The summed E-state index contributed by atoms with van der Waals surface area (Å²) in [7, 11) is 0. The lowest BCUT2D eigenvalue weighted by Crippen LogP contribution is -2.16. The molecule has 0 fully saturated rings. The topological polar surface area (TPSA) is 55.2 Å². The first-order valence-corrected chi connectivity index (χ1v) is 7.07. The van der Waals surface area contributed by atoms with E-state index in [1.165, 1.54) is 29.5 Å². The molecule has 0 atom stereocenters. The second kappa shape index (κ2) is 6.58. The standard InChI is InChI=1S/C14H15FN2O2S/c1-10-8-12(15)3-2-11(10)6-7-16-9-13-4-5-14(20-13)17(18)19/h2-5,8,16H,6-7,9H2,1H3. The number of aryl methyl sites for hydroxylation is 1. The molecule has 6 heteroatoms. The van der Waals surface area contributed by atoms with Crippen LogP contribution in [0.4, 0.5) is 9.39 Å². The number of benzene rings is 1. The molecule has 0 saturated carbocycles. The summed E-state index contributed by atoms with van der Waals surface area (Å²) in [6.45, 7) is 3.25. The molecule has 0 saturated heterocycles. The second-order valence-corrected chi connectivity index (χ2v) is 5.64. The molecule has 0 amide bonds. The Bertz CT molecular complexity index is 613. The van der Waals surface area contributed by atoms with Crippen LogP contribution < -0.4 is 5.32 Å². The van der Waals surface area contributed by atoms with E-state index in [0.717, 1.165) is 29.0 Å². The minimum absolute atomic E-state index is 0.163. The SMILES string of the molecule is Cc1cc(F)ccc1CCNCc1ccc([N+](=O)[O-])s1. The molecule has 0 aliphatic rings. The highest BCUT2D eigenvalue weighted by molar-refractivity contribution is 7.15. The van der Waals surface area contributed by atoms with Gasteiger partial charge in [0.05, 0.1) is 4.92 Å². The molecule has 2 rings (SSSR count). The molecule has 0 unspecified atom stereocenters. The minimum atomic E-state index is -0.379. The minimum Gasteiger partial charge on any atom is -0.312 e. The normalized spacial score (nSPS) is 10.7. The monoisotopic (exact) mass is 294 g/mol. The van der Waals surface area contributed by atoms with Gasteiger partial charge in [0, 0.05) is 17.5 Å². The van der Waals surface area contributed by atoms with Gasteiger partial charge in [0.15, 0.2) is 0 Å². The van der Waals surface area contributed by atoms with Crippen LogP contribution in [0, 0.1) is 22.9 Å². The Kier molecular flexibility index (Phi) is 4.81. The van der Waals surface area contributed by atoms with Crippen LogP contribution in [0.15, 0.2) is 30.3 Å². The van der Waals surface area contributed by atoms with E-state index in [-0.39, 0.29) is 15.7 Å². The van der Waals surface area contributed by atoms with Gasteiger partial charge in [-0.05, 0) is 49.2 Å². The van der Waals surface area contributed by atoms with Gasteiger partial charge in [-0.15, -0.1) is 0 Å². The third kappa shape index (κ3) is 3.85. The van der Waals surface area contributed by atoms with E-state index in [9.17, 15) is 14.5 Å². The number of halogens is 1. The third-order valence-electron chi connectivity index (χ3n) is 3.00. The molecule has 4 nitrogen and oxygen atoms in total. The van der Waals surface area contributed by atoms with Crippen molar-refractivity contribution in [3.8, 4) is 0 Å². The van der Waals surface area contributed by atoms with Gasteiger partial charge in [0.2, 0.25) is 0 Å². The van der Waals surface area contributed by atoms with Gasteiger partial charge in [-0.3, -0.25) is 10.1 Å². The Hall–Kier alpha value is -1.79. The van der Waals surface area contributed by atoms with Gasteiger partial charge < -0.3 is 5.32 Å². The molecule has 20 heavy (non-hydrogen) atoms. The van der Waals surface area contributed by atoms with Crippen molar-refractivity contribution in [2.75, 3.05) is 6.54 Å². The van der Waals surface area contributed by atoms with Crippen molar-refractivity contribution >= 4 is 16.3 Å².